The number of nitrogens with zero attached hydrogens (tertiary/aromatic N) is 1. The van der Waals surface area contributed by atoms with Gasteiger partial charge in [-0.2, -0.15) is 0 Å². The summed E-state index contributed by atoms with van der Waals surface area (Å²) >= 11 is 6.44. The maximum Gasteiger partial charge on any atom is 0.305 e. The first-order valence-corrected chi connectivity index (χ1v) is 14.0. The molecule has 0 saturated carbocycles. The molecule has 6 nitrogen and oxygen atoms in total. The van der Waals surface area contributed by atoms with Gasteiger partial charge in [-0.3, -0.25) is 9.10 Å². The van der Waals surface area contributed by atoms with Crippen LogP contribution in [0.2, 0.25) is 5.02 Å². The molecule has 1 aliphatic rings. The highest BCUT2D eigenvalue weighted by atomic mass is 35.5. The zero-order valence-corrected chi connectivity index (χ0v) is 22.7. The molecule has 1 aliphatic heterocycles. The van der Waals surface area contributed by atoms with Gasteiger partial charge in [-0.05, 0) is 72.4 Å². The molecule has 3 aromatic rings. The van der Waals surface area contributed by atoms with E-state index in [0.717, 1.165) is 28.7 Å². The Morgan fingerprint density at radius 2 is 1.92 bits per heavy atom. The van der Waals surface area contributed by atoms with Gasteiger partial charge in [0.1, 0.15) is 11.9 Å². The molecule has 0 bridgehead atoms. The monoisotopic (exact) mass is 539 g/mol. The number of aryl methyl sites for hydroxylation is 1. The molecule has 0 saturated heterocycles. The van der Waals surface area contributed by atoms with Crippen LogP contribution in [0.1, 0.15) is 42.9 Å². The first kappa shape index (κ1) is 26.8. The predicted octanol–water partition coefficient (Wildman–Crippen LogP) is 6.51. The first-order valence-electron chi connectivity index (χ1n) is 12.1. The van der Waals surface area contributed by atoms with Gasteiger partial charge in [0.2, 0.25) is 0 Å². The van der Waals surface area contributed by atoms with Gasteiger partial charge in [-0.25, -0.2) is 8.42 Å². The van der Waals surface area contributed by atoms with Gasteiger partial charge in [0.05, 0.1) is 24.2 Å². The summed E-state index contributed by atoms with van der Waals surface area (Å²) in [6.45, 7) is 3.99. The Morgan fingerprint density at radius 1 is 1.14 bits per heavy atom. The fourth-order valence-corrected chi connectivity index (χ4v) is 6.23. The molecule has 1 heterocycles. The van der Waals surface area contributed by atoms with E-state index in [4.69, 9.17) is 21.1 Å². The third-order valence-electron chi connectivity index (χ3n) is 6.33. The molecule has 3 aromatic carbocycles. The van der Waals surface area contributed by atoms with Crippen molar-refractivity contribution >= 4 is 44.9 Å². The Hall–Kier alpha value is -3.29. The van der Waals surface area contributed by atoms with Gasteiger partial charge in [-0.1, -0.05) is 61.0 Å². The normalized spacial score (nSPS) is 15.6. The molecule has 0 N–H and O–H groups in total. The highest BCUT2D eigenvalue weighted by Crippen LogP contribution is 2.39. The number of fused-ring (bicyclic) bond motifs is 1. The lowest BCUT2D eigenvalue weighted by Gasteiger charge is -2.35. The summed E-state index contributed by atoms with van der Waals surface area (Å²) in [4.78, 5) is 11.9. The van der Waals surface area contributed by atoms with Crippen molar-refractivity contribution in [2.24, 2.45) is 0 Å². The molecule has 4 rings (SSSR count). The second-order valence-corrected chi connectivity index (χ2v) is 11.2. The lowest BCUT2D eigenvalue weighted by molar-refractivity contribution is -0.141. The van der Waals surface area contributed by atoms with Crippen molar-refractivity contribution in [1.29, 1.82) is 0 Å². The van der Waals surface area contributed by atoms with E-state index in [-0.39, 0.29) is 23.8 Å². The minimum Gasteiger partial charge on any atom is -0.486 e. The highest BCUT2D eigenvalue weighted by Gasteiger charge is 2.35. The third-order valence-corrected chi connectivity index (χ3v) is 8.44. The van der Waals surface area contributed by atoms with E-state index in [1.54, 1.807) is 24.3 Å². The molecular formula is C29H30ClNO5S. The van der Waals surface area contributed by atoms with E-state index < -0.39 is 16.1 Å². The number of benzene rings is 3. The highest BCUT2D eigenvalue weighted by molar-refractivity contribution is 7.92. The third kappa shape index (κ3) is 6.00. The van der Waals surface area contributed by atoms with E-state index in [9.17, 15) is 13.2 Å². The summed E-state index contributed by atoms with van der Waals surface area (Å²) in [5, 5.41) is 0.661. The zero-order chi connectivity index (χ0) is 26.6. The lowest BCUT2D eigenvalue weighted by atomic mass is 10.00. The number of hydrogen-bond acceptors (Lipinski definition) is 5. The van der Waals surface area contributed by atoms with Crippen molar-refractivity contribution < 1.29 is 22.7 Å². The molecule has 1 atom stereocenters. The van der Waals surface area contributed by atoms with Crippen molar-refractivity contribution in [2.75, 3.05) is 18.0 Å². The second kappa shape index (κ2) is 11.4. The number of carbonyl (C=O) groups is 1. The maximum absolute atomic E-state index is 13.8. The van der Waals surface area contributed by atoms with Crippen LogP contribution in [0, 0.1) is 6.92 Å². The molecule has 0 aromatic heterocycles. The van der Waals surface area contributed by atoms with Crippen LogP contribution in [0.25, 0.3) is 11.6 Å². The van der Waals surface area contributed by atoms with Gasteiger partial charge in [0.15, 0.2) is 0 Å². The Morgan fingerprint density at radius 3 is 2.62 bits per heavy atom. The first-order chi connectivity index (χ1) is 17.7. The molecule has 0 unspecified atom stereocenters. The van der Waals surface area contributed by atoms with Crippen LogP contribution in [0.15, 0.2) is 71.6 Å². The number of methoxy groups -OCH3 is 1. The summed E-state index contributed by atoms with van der Waals surface area (Å²) in [5.74, 6) is 0.0833. The predicted molar refractivity (Wildman–Crippen MR) is 147 cm³/mol. The average Bonchev–Trinajstić information content (AvgIpc) is 2.90. The number of esters is 1. The molecule has 37 heavy (non-hydrogen) atoms. The van der Waals surface area contributed by atoms with Crippen LogP contribution < -0.4 is 9.04 Å². The fraction of sp³-hybridized carbons (Fsp3) is 0.276. The fourth-order valence-electron chi connectivity index (χ4n) is 4.37. The van der Waals surface area contributed by atoms with Crippen LogP contribution in [0.4, 0.5) is 5.69 Å². The summed E-state index contributed by atoms with van der Waals surface area (Å²) in [6, 6.07) is 20.0. The van der Waals surface area contributed by atoms with E-state index in [1.807, 2.05) is 55.5 Å². The maximum atomic E-state index is 13.8. The summed E-state index contributed by atoms with van der Waals surface area (Å²) < 4.78 is 40.0. The summed E-state index contributed by atoms with van der Waals surface area (Å²) in [6.07, 6.45) is 2.73. The van der Waals surface area contributed by atoms with Gasteiger partial charge in [-0.15, -0.1) is 0 Å². The van der Waals surface area contributed by atoms with E-state index in [2.05, 4.69) is 6.92 Å². The zero-order valence-electron chi connectivity index (χ0n) is 21.1. The Balaban J connectivity index is 1.77. The molecule has 0 amide bonds. The SMILES string of the molecule is CC/C(=C\c1ccc2c(c1)N(S(=O)(=O)c1cccc(C)c1)C[C@H](CCC(=O)OC)O2)c1ccccc1Cl. The quantitative estimate of drug-likeness (QED) is 0.241. The number of hydrogen-bond donors (Lipinski definition) is 0. The Bertz CT molecular complexity index is 1430. The van der Waals surface area contributed by atoms with Crippen molar-refractivity contribution in [2.45, 2.75) is 44.1 Å². The standard InChI is InChI=1S/C29H30ClNO5S/c1-4-22(25-10-5-6-11-26(25)30)17-21-12-14-28-27(18-21)31(19-23(36-28)13-15-29(32)35-3)37(33,34)24-9-7-8-20(2)16-24/h5-12,14,16-18,23H,4,13,15,19H2,1-3H3/b22-17+/t23-/m0/s1. The lowest BCUT2D eigenvalue weighted by Crippen LogP contribution is -2.43. The number of ether oxygens (including phenoxy) is 2. The minimum atomic E-state index is -3.89. The molecule has 0 fully saturated rings. The summed E-state index contributed by atoms with van der Waals surface area (Å²) in [5.41, 5.74) is 4.11. The van der Waals surface area contributed by atoms with Crippen LogP contribution in [0.3, 0.4) is 0 Å². The molecule has 0 spiro atoms. The van der Waals surface area contributed by atoms with E-state index in [1.165, 1.54) is 11.4 Å². The second-order valence-electron chi connectivity index (χ2n) is 8.94. The van der Waals surface area contributed by atoms with Gasteiger partial charge in [0.25, 0.3) is 10.0 Å². The van der Waals surface area contributed by atoms with Crippen molar-refractivity contribution in [3.05, 3.63) is 88.4 Å². The minimum absolute atomic E-state index is 0.0819. The van der Waals surface area contributed by atoms with E-state index in [0.29, 0.717) is 22.9 Å². The van der Waals surface area contributed by atoms with E-state index >= 15 is 0 Å². The van der Waals surface area contributed by atoms with Gasteiger partial charge in [0, 0.05) is 11.4 Å². The number of sulfonamides is 1. The van der Waals surface area contributed by atoms with Crippen molar-refractivity contribution in [1.82, 2.24) is 0 Å². The molecule has 0 radical (unpaired) electrons. The average molecular weight is 540 g/mol. The molecule has 0 aliphatic carbocycles. The van der Waals surface area contributed by atoms with Crippen LogP contribution >= 0.6 is 11.6 Å². The number of allylic oxidation sites excluding steroid dienone is 1. The van der Waals surface area contributed by atoms with Crippen LogP contribution in [-0.4, -0.2) is 34.1 Å². The molecule has 194 valence electrons. The largest absolute Gasteiger partial charge is 0.486 e. The van der Waals surface area contributed by atoms with Gasteiger partial charge < -0.3 is 9.47 Å². The Kier molecular flexibility index (Phi) is 8.25. The number of anilines is 1. The number of carbonyl (C=O) groups excluding carboxylic acids is 1. The number of halogens is 1. The van der Waals surface area contributed by atoms with Gasteiger partial charge >= 0.3 is 5.97 Å². The van der Waals surface area contributed by atoms with Crippen LogP contribution in [0.5, 0.6) is 5.75 Å². The topological polar surface area (TPSA) is 72.9 Å². The summed E-state index contributed by atoms with van der Waals surface area (Å²) in [7, 11) is -2.56. The molecule has 8 heteroatoms. The van der Waals surface area contributed by atoms with Crippen molar-refractivity contribution in [3.63, 3.8) is 0 Å². The Labute approximate surface area is 223 Å². The van der Waals surface area contributed by atoms with Crippen LogP contribution in [-0.2, 0) is 19.6 Å². The van der Waals surface area contributed by atoms with Crippen molar-refractivity contribution in [3.8, 4) is 5.75 Å². The number of rotatable bonds is 8. The smallest absolute Gasteiger partial charge is 0.305 e. The molecular weight excluding hydrogens is 510 g/mol.